The number of carbonyl (C=O) groups is 4. The van der Waals surface area contributed by atoms with Crippen molar-refractivity contribution in [2.24, 2.45) is 17.4 Å². The molecule has 4 aromatic carbocycles. The molecule has 1 saturated heterocycles. The molecule has 72 heavy (non-hydrogen) atoms. The first kappa shape index (κ1) is 52.7. The Labute approximate surface area is 412 Å². The van der Waals surface area contributed by atoms with Gasteiger partial charge < -0.3 is 57.9 Å². The number of carboxylic acid groups (broad SMARTS) is 1. The topological polar surface area (TPSA) is 226 Å². The maximum absolute atomic E-state index is 14.5. The van der Waals surface area contributed by atoms with E-state index in [0.29, 0.717) is 59.8 Å². The van der Waals surface area contributed by atoms with Gasteiger partial charge in [0.1, 0.15) is 0 Å². The first-order chi connectivity index (χ1) is 34.0. The summed E-state index contributed by atoms with van der Waals surface area (Å²) in [4.78, 5) is 59.3. The van der Waals surface area contributed by atoms with Crippen LogP contribution >= 0.6 is 0 Å². The lowest BCUT2D eigenvalue weighted by atomic mass is 9.93. The number of amides is 3. The van der Waals surface area contributed by atoms with Crippen LogP contribution in [0.1, 0.15) is 60.0 Å². The van der Waals surface area contributed by atoms with Crippen molar-refractivity contribution >= 4 is 46.4 Å². The van der Waals surface area contributed by atoms with Crippen molar-refractivity contribution in [1.29, 1.82) is 0 Å². The number of anilines is 4. The molecule has 21 heteroatoms. The molecule has 0 unspecified atom stereocenters. The number of alkyl halides is 6. The largest absolute Gasteiger partial charge is 0.477 e. The molecule has 1 fully saturated rings. The Morgan fingerprint density at radius 3 is 1.47 bits per heavy atom. The van der Waals surface area contributed by atoms with E-state index in [1.54, 1.807) is 53.4 Å². The van der Waals surface area contributed by atoms with Crippen molar-refractivity contribution in [1.82, 2.24) is 14.7 Å². The van der Waals surface area contributed by atoms with Gasteiger partial charge in [-0.25, -0.2) is 4.79 Å². The number of likely N-dealkylation sites (tertiary alicyclic amines) is 1. The molecule has 2 atom stereocenters. The number of nitrogen functional groups attached to an aromatic ring is 2. The van der Waals surface area contributed by atoms with Crippen LogP contribution in [0.2, 0.25) is 0 Å². The SMILES string of the molecule is C[N+]1(CC(=O)O)CCC(C(=O)N(CCCN2CC(Nc3cccc(C(F)(F)F)c3)=C([C@H](N)c3ccc(N)cc3)C2=O)CCCN2CC(Nc3cccc(C(F)(F)F)c3)=C([C@H](N)c3ccc(N)cc3)C2=O)CC1. The average Bonchev–Trinajstić information content (AvgIpc) is 3.80. The lowest BCUT2D eigenvalue weighted by molar-refractivity contribution is -0.907. The highest BCUT2D eigenvalue weighted by Gasteiger charge is 2.40. The normalized spacial score (nSPS) is 19.5. The molecule has 0 radical (unpaired) electrons. The molecule has 0 saturated carbocycles. The highest BCUT2D eigenvalue weighted by Crippen LogP contribution is 2.36. The third kappa shape index (κ3) is 12.7. The van der Waals surface area contributed by atoms with Crippen LogP contribution in [0.4, 0.5) is 49.1 Å². The number of rotatable bonds is 19. The Kier molecular flexibility index (Phi) is 15.9. The van der Waals surface area contributed by atoms with Crippen LogP contribution in [0.25, 0.3) is 0 Å². The van der Waals surface area contributed by atoms with Crippen LogP contribution in [-0.2, 0) is 31.5 Å². The monoisotopic (exact) mass is 1010 g/mol. The molecule has 15 nitrogen and oxygen atoms in total. The van der Waals surface area contributed by atoms with Gasteiger partial charge in [0.15, 0.2) is 6.54 Å². The fourth-order valence-corrected chi connectivity index (χ4v) is 9.56. The van der Waals surface area contributed by atoms with Crippen LogP contribution in [0.15, 0.2) is 120 Å². The third-order valence-electron chi connectivity index (χ3n) is 13.5. The highest BCUT2D eigenvalue weighted by atomic mass is 19.4. The van der Waals surface area contributed by atoms with Gasteiger partial charge in [0.05, 0.1) is 67.6 Å². The van der Waals surface area contributed by atoms with Crippen molar-refractivity contribution < 1.29 is 55.1 Å². The predicted octanol–water partition coefficient (Wildman–Crippen LogP) is 6.56. The van der Waals surface area contributed by atoms with Crippen molar-refractivity contribution in [3.8, 4) is 0 Å². The van der Waals surface area contributed by atoms with Crippen LogP contribution < -0.4 is 33.6 Å². The molecular formula is C51H59F6N10O5+. The van der Waals surface area contributed by atoms with Gasteiger partial charge in [0.25, 0.3) is 11.8 Å². The molecule has 11 N–H and O–H groups in total. The molecule has 0 bridgehead atoms. The number of carboxylic acids is 1. The van der Waals surface area contributed by atoms with Crippen molar-refractivity contribution in [3.05, 3.63) is 142 Å². The quantitative estimate of drug-likeness (QED) is 0.0303. The maximum Gasteiger partial charge on any atom is 0.416 e. The number of nitrogens with two attached hydrogens (primary N) is 4. The summed E-state index contributed by atoms with van der Waals surface area (Å²) in [5.41, 5.74) is 26.6. The van der Waals surface area contributed by atoms with Gasteiger partial charge in [-0.1, -0.05) is 36.4 Å². The molecule has 7 rings (SSSR count). The van der Waals surface area contributed by atoms with E-state index in [1.807, 2.05) is 7.05 Å². The van der Waals surface area contributed by atoms with Gasteiger partial charge in [0, 0.05) is 79.1 Å². The number of hydrogen-bond donors (Lipinski definition) is 7. The number of aliphatic carboxylic acids is 1. The van der Waals surface area contributed by atoms with Gasteiger partial charge in [0.2, 0.25) is 5.91 Å². The van der Waals surface area contributed by atoms with Gasteiger partial charge in [-0.05, 0) is 84.6 Å². The van der Waals surface area contributed by atoms with E-state index in [9.17, 15) is 50.6 Å². The molecule has 3 aliphatic heterocycles. The molecule has 0 aliphatic carbocycles. The molecule has 3 amide bonds. The number of carbonyl (C=O) groups excluding carboxylic acids is 3. The molecule has 0 spiro atoms. The minimum absolute atomic E-state index is 0.0223. The smallest absolute Gasteiger partial charge is 0.416 e. The Balaban J connectivity index is 1.08. The Morgan fingerprint density at radius 1 is 0.694 bits per heavy atom. The fraction of sp³-hybridized carbons (Fsp3) is 0.373. The number of benzene rings is 4. The number of piperidine rings is 1. The number of quaternary nitrogens is 1. The molecule has 3 aliphatic rings. The summed E-state index contributed by atoms with van der Waals surface area (Å²) in [6.07, 6.45) is -7.83. The van der Waals surface area contributed by atoms with E-state index < -0.39 is 59.3 Å². The van der Waals surface area contributed by atoms with Crippen molar-refractivity contribution in [2.45, 2.75) is 50.1 Å². The highest BCUT2D eigenvalue weighted by molar-refractivity contribution is 6.00. The lowest BCUT2D eigenvalue weighted by Gasteiger charge is -2.40. The van der Waals surface area contributed by atoms with Gasteiger partial charge in [-0.15, -0.1) is 0 Å². The minimum Gasteiger partial charge on any atom is -0.477 e. The molecular weight excluding hydrogens is 947 g/mol. The zero-order chi connectivity index (χ0) is 52.1. The average molecular weight is 1010 g/mol. The van der Waals surface area contributed by atoms with Crippen molar-refractivity contribution in [2.75, 3.05) is 88.1 Å². The number of likely N-dealkylation sites (N-methyl/N-ethyl adjacent to an activating group) is 1. The zero-order valence-corrected chi connectivity index (χ0v) is 39.6. The first-order valence-corrected chi connectivity index (χ1v) is 23.5. The maximum atomic E-state index is 14.5. The first-order valence-electron chi connectivity index (χ1n) is 23.5. The summed E-state index contributed by atoms with van der Waals surface area (Å²) in [6.45, 7) is 1.35. The summed E-state index contributed by atoms with van der Waals surface area (Å²) in [5, 5.41) is 15.6. The lowest BCUT2D eigenvalue weighted by Crippen LogP contribution is -2.54. The van der Waals surface area contributed by atoms with E-state index in [1.165, 1.54) is 34.1 Å². The van der Waals surface area contributed by atoms with Crippen LogP contribution in [0.3, 0.4) is 0 Å². The third-order valence-corrected chi connectivity index (χ3v) is 13.5. The number of halogens is 6. The Bertz CT molecular complexity index is 2550. The second kappa shape index (κ2) is 21.7. The van der Waals surface area contributed by atoms with Crippen LogP contribution in [0, 0.1) is 5.92 Å². The van der Waals surface area contributed by atoms with Gasteiger partial charge >= 0.3 is 18.3 Å². The van der Waals surface area contributed by atoms with E-state index >= 15 is 0 Å². The summed E-state index contributed by atoms with van der Waals surface area (Å²) in [5.74, 6) is -2.45. The zero-order valence-electron chi connectivity index (χ0n) is 39.6. The summed E-state index contributed by atoms with van der Waals surface area (Å²) in [7, 11) is 1.84. The van der Waals surface area contributed by atoms with Crippen molar-refractivity contribution in [3.63, 3.8) is 0 Å². The van der Waals surface area contributed by atoms with Gasteiger partial charge in [-0.2, -0.15) is 26.3 Å². The second-order valence-electron chi connectivity index (χ2n) is 18.9. The number of hydrogen-bond acceptors (Lipinski definition) is 10. The molecule has 4 aromatic rings. The van der Waals surface area contributed by atoms with Gasteiger partial charge in [-0.3, -0.25) is 14.4 Å². The van der Waals surface area contributed by atoms with E-state index in [2.05, 4.69) is 10.6 Å². The standard InChI is InChI=1S/C51H58F6N10O5/c1-67(30-42(68)69)24-18-33(19-25-67)47(70)64(20-4-22-65-28-40(62-38-8-2-6-34(26-38)50(52,53)54)43(48(65)71)45(60)31-10-14-36(58)15-11-31)21-5-23-66-29-41(63-39-9-3-7-35(27-39)51(55,56)57)44(49(66)72)46(61)32-12-16-37(59)17-13-32/h2-3,6-17,26-27,33,45-46H,4-5,18-25,28-30,58-61H2,1H3,(H2-,62,63,68,69,71,72)/p+1/t33?,45-,46-,67?/m1/s1. The minimum atomic E-state index is -4.61. The van der Waals surface area contributed by atoms with E-state index in [-0.39, 0.29) is 91.6 Å². The van der Waals surface area contributed by atoms with Crippen LogP contribution in [0.5, 0.6) is 0 Å². The summed E-state index contributed by atoms with van der Waals surface area (Å²) >= 11 is 0. The van der Waals surface area contributed by atoms with E-state index in [0.717, 1.165) is 24.3 Å². The Hall–Kier alpha value is -7.10. The Morgan fingerprint density at radius 2 is 1.10 bits per heavy atom. The summed E-state index contributed by atoms with van der Waals surface area (Å²) in [6, 6.07) is 20.4. The molecule has 384 valence electrons. The van der Waals surface area contributed by atoms with Crippen LogP contribution in [-0.4, -0.2) is 114 Å². The second-order valence-corrected chi connectivity index (χ2v) is 18.9. The number of nitrogens with zero attached hydrogens (tertiary/aromatic N) is 4. The predicted molar refractivity (Wildman–Crippen MR) is 260 cm³/mol. The summed E-state index contributed by atoms with van der Waals surface area (Å²) < 4.78 is 82.5. The molecule has 3 heterocycles. The fourth-order valence-electron chi connectivity index (χ4n) is 9.56. The van der Waals surface area contributed by atoms with E-state index in [4.69, 9.17) is 22.9 Å². The molecule has 0 aromatic heterocycles. The number of nitrogens with one attached hydrogen (secondary N) is 2.